The SMILES string of the molecule is CO[C@]1(C)C[C@@H](C)CN(C)C(C2CN(C3CCCCC3)C2)COC(=O)C(C)(C)C(=O)[C@H](C)[C@H]1O[C@@H]1O[C@H](C)C[C@H](N(C)C)[C@H]1O. The Hall–Kier alpha value is -1.14. The van der Waals surface area contributed by atoms with Crippen molar-refractivity contribution in [3.05, 3.63) is 0 Å². The number of Topliss-reactive ketones (excluding diaryl/α,β-unsaturated/α-hetero) is 1. The first kappa shape index (κ1) is 36.7. The number of hydrogen-bond donors (Lipinski definition) is 1. The molecule has 1 aliphatic carbocycles. The van der Waals surface area contributed by atoms with Crippen molar-refractivity contribution in [3.8, 4) is 0 Å². The first-order chi connectivity index (χ1) is 21.1. The van der Waals surface area contributed by atoms with E-state index in [9.17, 15) is 14.7 Å². The van der Waals surface area contributed by atoms with Gasteiger partial charge in [-0.3, -0.25) is 19.4 Å². The van der Waals surface area contributed by atoms with Crippen molar-refractivity contribution in [1.29, 1.82) is 0 Å². The number of hydrogen-bond acceptors (Lipinski definition) is 10. The molecule has 10 nitrogen and oxygen atoms in total. The molecule has 0 radical (unpaired) electrons. The third kappa shape index (κ3) is 8.12. The summed E-state index contributed by atoms with van der Waals surface area (Å²) in [4.78, 5) is 34.9. The van der Waals surface area contributed by atoms with Crippen LogP contribution in [0.1, 0.15) is 86.5 Å². The van der Waals surface area contributed by atoms with E-state index in [1.165, 1.54) is 32.1 Å². The highest BCUT2D eigenvalue weighted by Crippen LogP contribution is 2.39. The minimum atomic E-state index is -1.39. The van der Waals surface area contributed by atoms with Crippen LogP contribution in [0, 0.1) is 23.2 Å². The maximum atomic E-state index is 14.2. The van der Waals surface area contributed by atoms with E-state index in [1.807, 2.05) is 32.8 Å². The number of ketones is 1. The number of rotatable bonds is 6. The summed E-state index contributed by atoms with van der Waals surface area (Å²) in [6, 6.07) is 0.581. The number of carbonyl (C=O) groups is 2. The smallest absolute Gasteiger partial charge is 0.319 e. The molecule has 1 saturated carbocycles. The Morgan fingerprint density at radius 3 is 2.24 bits per heavy atom. The first-order valence-corrected chi connectivity index (χ1v) is 17.4. The fourth-order valence-corrected chi connectivity index (χ4v) is 8.60. The Kier molecular flexibility index (Phi) is 12.2. The van der Waals surface area contributed by atoms with E-state index >= 15 is 0 Å². The summed E-state index contributed by atoms with van der Waals surface area (Å²) in [7, 11) is 7.65. The van der Waals surface area contributed by atoms with E-state index in [1.54, 1.807) is 27.9 Å². The molecule has 0 aromatic carbocycles. The molecule has 10 heteroatoms. The minimum Gasteiger partial charge on any atom is -0.463 e. The number of aliphatic hydroxyl groups is 1. The number of carbonyl (C=O) groups excluding carboxylic acids is 2. The second kappa shape index (κ2) is 15.0. The van der Waals surface area contributed by atoms with Gasteiger partial charge in [0.2, 0.25) is 0 Å². The van der Waals surface area contributed by atoms with Crippen molar-refractivity contribution in [2.24, 2.45) is 23.2 Å². The topological polar surface area (TPSA) is 101 Å². The van der Waals surface area contributed by atoms with Crippen LogP contribution in [0.4, 0.5) is 0 Å². The summed E-state index contributed by atoms with van der Waals surface area (Å²) < 4.78 is 25.1. The monoisotopic (exact) mass is 637 g/mol. The van der Waals surface area contributed by atoms with Gasteiger partial charge in [-0.25, -0.2) is 0 Å². The predicted molar refractivity (Wildman–Crippen MR) is 174 cm³/mol. The van der Waals surface area contributed by atoms with Crippen molar-refractivity contribution in [3.63, 3.8) is 0 Å². The van der Waals surface area contributed by atoms with Gasteiger partial charge in [0.25, 0.3) is 0 Å². The van der Waals surface area contributed by atoms with Crippen LogP contribution in [-0.4, -0.2) is 134 Å². The molecule has 3 heterocycles. The molecule has 1 unspecified atom stereocenters. The zero-order chi connectivity index (χ0) is 33.3. The molecule has 0 spiro atoms. The van der Waals surface area contributed by atoms with Crippen LogP contribution in [0.5, 0.6) is 0 Å². The molecular formula is C35H63N3O7. The zero-order valence-corrected chi connectivity index (χ0v) is 29.8. The summed E-state index contributed by atoms with van der Waals surface area (Å²) in [5.41, 5.74) is -2.29. The van der Waals surface area contributed by atoms with Crippen LogP contribution in [-0.2, 0) is 28.5 Å². The van der Waals surface area contributed by atoms with E-state index in [-0.39, 0.29) is 36.5 Å². The van der Waals surface area contributed by atoms with Crippen LogP contribution in [0.25, 0.3) is 0 Å². The van der Waals surface area contributed by atoms with Gasteiger partial charge >= 0.3 is 5.97 Å². The lowest BCUT2D eigenvalue weighted by atomic mass is 9.74. The third-order valence-corrected chi connectivity index (χ3v) is 11.5. The van der Waals surface area contributed by atoms with Crippen LogP contribution in [0.15, 0.2) is 0 Å². The number of likely N-dealkylation sites (N-methyl/N-ethyl adjacent to an activating group) is 2. The lowest BCUT2D eigenvalue weighted by molar-refractivity contribution is -0.295. The molecule has 260 valence electrons. The van der Waals surface area contributed by atoms with Gasteiger partial charge in [-0.2, -0.15) is 0 Å². The number of ether oxygens (including phenoxy) is 4. The van der Waals surface area contributed by atoms with Gasteiger partial charge in [0.1, 0.15) is 18.1 Å². The van der Waals surface area contributed by atoms with Crippen molar-refractivity contribution in [2.75, 3.05) is 54.5 Å². The molecule has 0 bridgehead atoms. The maximum absolute atomic E-state index is 14.2. The van der Waals surface area contributed by atoms with Crippen molar-refractivity contribution >= 4 is 11.8 Å². The molecule has 1 N–H and O–H groups in total. The highest BCUT2D eigenvalue weighted by Gasteiger charge is 2.52. The Morgan fingerprint density at radius 2 is 1.64 bits per heavy atom. The van der Waals surface area contributed by atoms with Gasteiger partial charge in [0, 0.05) is 56.7 Å². The number of aliphatic hydroxyl groups excluding tert-OH is 1. The van der Waals surface area contributed by atoms with Crippen molar-refractivity contribution < 1.29 is 33.6 Å². The molecule has 0 aromatic rings. The van der Waals surface area contributed by atoms with Gasteiger partial charge in [0.05, 0.1) is 17.8 Å². The fourth-order valence-electron chi connectivity index (χ4n) is 8.60. The molecule has 4 rings (SSSR count). The van der Waals surface area contributed by atoms with Crippen molar-refractivity contribution in [2.45, 2.75) is 135 Å². The highest BCUT2D eigenvalue weighted by molar-refractivity contribution is 6.04. The lowest BCUT2D eigenvalue weighted by Crippen LogP contribution is -2.61. The molecule has 0 amide bonds. The van der Waals surface area contributed by atoms with E-state index in [0.29, 0.717) is 24.8 Å². The first-order valence-electron chi connectivity index (χ1n) is 17.4. The Morgan fingerprint density at radius 1 is 1.00 bits per heavy atom. The van der Waals surface area contributed by atoms with Gasteiger partial charge < -0.3 is 29.0 Å². The maximum Gasteiger partial charge on any atom is 0.319 e. The summed E-state index contributed by atoms with van der Waals surface area (Å²) in [6.07, 6.45) is 5.03. The average Bonchev–Trinajstić information content (AvgIpc) is 2.96. The van der Waals surface area contributed by atoms with Gasteiger partial charge in [-0.05, 0) is 80.4 Å². The van der Waals surface area contributed by atoms with Crippen LogP contribution >= 0.6 is 0 Å². The Labute approximate surface area is 272 Å². The predicted octanol–water partition coefficient (Wildman–Crippen LogP) is 3.58. The Balaban J connectivity index is 1.60. The van der Waals surface area contributed by atoms with Gasteiger partial charge in [-0.1, -0.05) is 33.1 Å². The number of likely N-dealkylation sites (tertiary alicyclic amines) is 1. The standard InChI is InChI=1S/C35H63N3O7/c1-22-17-35(6,42-10)31(45-32-29(39)27(36(7)8)16-23(2)44-32)24(3)30(40)34(4,5)33(41)43-21-28(37(9)18-22)25-19-38(20-25)26-14-12-11-13-15-26/h22-29,31-32,39H,11-21H2,1-10H3/t22-,23-,24+,27+,28?,29-,31-,32+,35-/m1/s1. The van der Waals surface area contributed by atoms with E-state index < -0.39 is 41.4 Å². The number of methoxy groups -OCH3 is 1. The molecule has 0 aromatic heterocycles. The molecule has 4 aliphatic rings. The molecule has 3 aliphatic heterocycles. The zero-order valence-electron chi connectivity index (χ0n) is 29.8. The highest BCUT2D eigenvalue weighted by atomic mass is 16.7. The van der Waals surface area contributed by atoms with E-state index in [2.05, 4.69) is 23.8 Å². The molecule has 9 atom stereocenters. The second-order valence-electron chi connectivity index (χ2n) is 15.8. The third-order valence-electron chi connectivity index (χ3n) is 11.5. The fraction of sp³-hybridized carbons (Fsp3) is 0.943. The van der Waals surface area contributed by atoms with E-state index in [4.69, 9.17) is 18.9 Å². The van der Waals surface area contributed by atoms with Gasteiger partial charge in [0.15, 0.2) is 12.1 Å². The minimum absolute atomic E-state index is 0.0661. The van der Waals surface area contributed by atoms with Crippen molar-refractivity contribution in [1.82, 2.24) is 14.7 Å². The molecule has 4 fully saturated rings. The second-order valence-corrected chi connectivity index (χ2v) is 15.8. The number of nitrogens with zero attached hydrogens (tertiary/aromatic N) is 3. The van der Waals surface area contributed by atoms with Crippen LogP contribution < -0.4 is 0 Å². The number of esters is 1. The number of cyclic esters (lactones) is 1. The average molecular weight is 638 g/mol. The quantitative estimate of drug-likeness (QED) is 0.344. The summed E-state index contributed by atoms with van der Waals surface area (Å²) >= 11 is 0. The summed E-state index contributed by atoms with van der Waals surface area (Å²) in [6.45, 7) is 14.4. The van der Waals surface area contributed by atoms with Crippen LogP contribution in [0.3, 0.4) is 0 Å². The normalized spacial score (nSPS) is 40.7. The Bertz CT molecular complexity index is 998. The van der Waals surface area contributed by atoms with Crippen LogP contribution in [0.2, 0.25) is 0 Å². The lowest BCUT2D eigenvalue weighted by Gasteiger charge is -2.50. The molecule has 3 saturated heterocycles. The largest absolute Gasteiger partial charge is 0.463 e. The molecule has 45 heavy (non-hydrogen) atoms. The van der Waals surface area contributed by atoms with Gasteiger partial charge in [-0.15, -0.1) is 0 Å². The summed E-state index contributed by atoms with van der Waals surface area (Å²) in [5.74, 6) is -0.934. The van der Waals surface area contributed by atoms with E-state index in [0.717, 1.165) is 19.6 Å². The molecular weight excluding hydrogens is 574 g/mol. The summed E-state index contributed by atoms with van der Waals surface area (Å²) in [5, 5.41) is 11.3.